The van der Waals surface area contributed by atoms with Gasteiger partial charge in [0.25, 0.3) is 0 Å². The van der Waals surface area contributed by atoms with Crippen LogP contribution in [-0.4, -0.2) is 43.3 Å². The zero-order valence-electron chi connectivity index (χ0n) is 17.8. The van der Waals surface area contributed by atoms with E-state index in [1.165, 1.54) is 5.69 Å². The lowest BCUT2D eigenvalue weighted by Gasteiger charge is -2.34. The van der Waals surface area contributed by atoms with E-state index in [-0.39, 0.29) is 29.7 Å². The fourth-order valence-electron chi connectivity index (χ4n) is 3.53. The number of hydrogen-bond donors (Lipinski definition) is 3. The van der Waals surface area contributed by atoms with Gasteiger partial charge in [0.05, 0.1) is 13.2 Å². The van der Waals surface area contributed by atoms with Crippen molar-refractivity contribution >= 4 is 35.6 Å². The molecule has 1 aliphatic heterocycles. The predicted molar refractivity (Wildman–Crippen MR) is 134 cm³/mol. The van der Waals surface area contributed by atoms with Gasteiger partial charge in [-0.05, 0) is 56.5 Å². The number of phenolic OH excluding ortho intramolecular Hbond substituents is 1. The Balaban J connectivity index is 0.00000320. The van der Waals surface area contributed by atoms with Crippen LogP contribution in [-0.2, 0) is 6.54 Å². The van der Waals surface area contributed by atoms with Crippen LogP contribution in [0.1, 0.15) is 32.3 Å². The molecule has 3 rings (SSSR count). The van der Waals surface area contributed by atoms with Crippen LogP contribution in [0, 0.1) is 0 Å². The van der Waals surface area contributed by atoms with Crippen LogP contribution in [0.5, 0.6) is 11.5 Å². The van der Waals surface area contributed by atoms with Gasteiger partial charge in [0, 0.05) is 31.4 Å². The molecule has 1 saturated heterocycles. The van der Waals surface area contributed by atoms with Gasteiger partial charge < -0.3 is 25.4 Å². The van der Waals surface area contributed by atoms with Gasteiger partial charge in [0.15, 0.2) is 17.5 Å². The summed E-state index contributed by atoms with van der Waals surface area (Å²) in [5.41, 5.74) is 2.30. The molecule has 7 heteroatoms. The first kappa shape index (κ1) is 24.1. The van der Waals surface area contributed by atoms with Crippen molar-refractivity contribution in [2.24, 2.45) is 4.99 Å². The minimum atomic E-state index is 0. The first-order valence-corrected chi connectivity index (χ1v) is 10.5. The zero-order valence-corrected chi connectivity index (χ0v) is 20.1. The Morgan fingerprint density at radius 2 is 1.87 bits per heavy atom. The third-order valence-electron chi connectivity index (χ3n) is 5.05. The highest BCUT2D eigenvalue weighted by Crippen LogP contribution is 2.27. The maximum Gasteiger partial charge on any atom is 0.191 e. The Labute approximate surface area is 196 Å². The molecular formula is C23H33IN4O2. The summed E-state index contributed by atoms with van der Waals surface area (Å²) in [6, 6.07) is 16.4. The Kier molecular flexibility index (Phi) is 10.1. The summed E-state index contributed by atoms with van der Waals surface area (Å²) >= 11 is 0. The van der Waals surface area contributed by atoms with Crippen molar-refractivity contribution in [2.45, 2.75) is 39.3 Å². The minimum Gasteiger partial charge on any atom is -0.504 e. The second kappa shape index (κ2) is 12.5. The lowest BCUT2D eigenvalue weighted by Crippen LogP contribution is -2.48. The Morgan fingerprint density at radius 3 is 2.53 bits per heavy atom. The summed E-state index contributed by atoms with van der Waals surface area (Å²) in [6.07, 6.45) is 2.15. The maximum atomic E-state index is 9.86. The van der Waals surface area contributed by atoms with Crippen molar-refractivity contribution in [2.75, 3.05) is 31.1 Å². The number of nitrogens with one attached hydrogen (secondary N) is 2. The number of aliphatic imine (C=N–C) groups is 1. The summed E-state index contributed by atoms with van der Waals surface area (Å²) in [5.74, 6) is 1.50. The van der Waals surface area contributed by atoms with E-state index in [2.05, 4.69) is 52.8 Å². The number of benzene rings is 2. The number of para-hydroxylation sites is 1. The molecule has 0 bridgehead atoms. The van der Waals surface area contributed by atoms with E-state index >= 15 is 0 Å². The van der Waals surface area contributed by atoms with E-state index in [9.17, 15) is 5.11 Å². The standard InChI is InChI=1S/C23H32N4O2.HI/c1-3-24-23(25-17-18-10-11-21(28)22(16-18)29-4-2)26-19-12-14-27(15-13-19)20-8-6-5-7-9-20;/h5-11,16,19,28H,3-4,12-15,17H2,1-2H3,(H2,24,25,26);1H. The van der Waals surface area contributed by atoms with Gasteiger partial charge in [0.2, 0.25) is 0 Å². The van der Waals surface area contributed by atoms with Gasteiger partial charge in [-0.2, -0.15) is 0 Å². The molecule has 0 saturated carbocycles. The highest BCUT2D eigenvalue weighted by atomic mass is 127. The van der Waals surface area contributed by atoms with Crippen molar-refractivity contribution in [3.8, 4) is 11.5 Å². The molecule has 30 heavy (non-hydrogen) atoms. The highest BCUT2D eigenvalue weighted by molar-refractivity contribution is 14.0. The number of phenols is 1. The molecule has 0 aliphatic carbocycles. The van der Waals surface area contributed by atoms with Gasteiger partial charge in [-0.25, -0.2) is 4.99 Å². The van der Waals surface area contributed by atoms with Crippen LogP contribution < -0.4 is 20.3 Å². The van der Waals surface area contributed by atoms with Crippen LogP contribution in [0.15, 0.2) is 53.5 Å². The number of anilines is 1. The molecule has 1 fully saturated rings. The topological polar surface area (TPSA) is 69.1 Å². The largest absolute Gasteiger partial charge is 0.504 e. The number of guanidine groups is 1. The fraction of sp³-hybridized carbons (Fsp3) is 0.435. The molecule has 1 aliphatic rings. The van der Waals surface area contributed by atoms with Crippen LogP contribution in [0.4, 0.5) is 5.69 Å². The molecule has 2 aromatic rings. The van der Waals surface area contributed by atoms with Crippen LogP contribution in [0.2, 0.25) is 0 Å². The van der Waals surface area contributed by atoms with Gasteiger partial charge >= 0.3 is 0 Å². The summed E-state index contributed by atoms with van der Waals surface area (Å²) in [4.78, 5) is 7.17. The van der Waals surface area contributed by atoms with Crippen molar-refractivity contribution in [3.63, 3.8) is 0 Å². The molecule has 164 valence electrons. The second-order valence-electron chi connectivity index (χ2n) is 7.17. The van der Waals surface area contributed by atoms with E-state index < -0.39 is 0 Å². The highest BCUT2D eigenvalue weighted by Gasteiger charge is 2.20. The van der Waals surface area contributed by atoms with Crippen molar-refractivity contribution in [3.05, 3.63) is 54.1 Å². The normalized spacial score (nSPS) is 14.7. The monoisotopic (exact) mass is 524 g/mol. The Hall–Kier alpha value is -2.16. The minimum absolute atomic E-state index is 0. The summed E-state index contributed by atoms with van der Waals surface area (Å²) < 4.78 is 5.47. The zero-order chi connectivity index (χ0) is 20.5. The predicted octanol–water partition coefficient (Wildman–Crippen LogP) is 4.13. The average molecular weight is 524 g/mol. The smallest absolute Gasteiger partial charge is 0.191 e. The third kappa shape index (κ3) is 6.97. The van der Waals surface area contributed by atoms with Gasteiger partial charge in [-0.15, -0.1) is 24.0 Å². The molecule has 2 aromatic carbocycles. The first-order valence-electron chi connectivity index (χ1n) is 10.5. The quantitative estimate of drug-likeness (QED) is 0.289. The lowest BCUT2D eigenvalue weighted by molar-refractivity contribution is 0.318. The summed E-state index contributed by atoms with van der Waals surface area (Å²) in [6.45, 7) is 7.91. The number of piperidine rings is 1. The fourth-order valence-corrected chi connectivity index (χ4v) is 3.53. The van der Waals surface area contributed by atoms with Crippen LogP contribution >= 0.6 is 24.0 Å². The summed E-state index contributed by atoms with van der Waals surface area (Å²) in [5, 5.41) is 16.8. The van der Waals surface area contributed by atoms with Gasteiger partial charge in [0.1, 0.15) is 0 Å². The SMILES string of the molecule is CCNC(=NCc1ccc(O)c(OCC)c1)NC1CCN(c2ccccc2)CC1.I. The Bertz CT molecular complexity index is 793. The average Bonchev–Trinajstić information content (AvgIpc) is 2.75. The first-order chi connectivity index (χ1) is 14.2. The van der Waals surface area contributed by atoms with E-state index in [0.29, 0.717) is 24.9 Å². The van der Waals surface area contributed by atoms with Gasteiger partial charge in [-0.1, -0.05) is 24.3 Å². The van der Waals surface area contributed by atoms with E-state index in [1.54, 1.807) is 6.07 Å². The lowest BCUT2D eigenvalue weighted by atomic mass is 10.0. The number of aromatic hydroxyl groups is 1. The van der Waals surface area contributed by atoms with Crippen LogP contribution in [0.3, 0.4) is 0 Å². The van der Waals surface area contributed by atoms with E-state index in [0.717, 1.165) is 44.0 Å². The van der Waals surface area contributed by atoms with Crippen molar-refractivity contribution in [1.29, 1.82) is 0 Å². The molecule has 0 atom stereocenters. The molecule has 0 aromatic heterocycles. The molecule has 0 amide bonds. The van der Waals surface area contributed by atoms with E-state index in [1.807, 2.05) is 19.1 Å². The Morgan fingerprint density at radius 1 is 1.13 bits per heavy atom. The van der Waals surface area contributed by atoms with Crippen LogP contribution in [0.25, 0.3) is 0 Å². The molecule has 0 unspecified atom stereocenters. The molecule has 1 heterocycles. The number of rotatable bonds is 7. The third-order valence-corrected chi connectivity index (χ3v) is 5.05. The van der Waals surface area contributed by atoms with Crippen molar-refractivity contribution < 1.29 is 9.84 Å². The number of halogens is 1. The molecule has 0 radical (unpaired) electrons. The number of nitrogens with zero attached hydrogens (tertiary/aromatic N) is 2. The molecule has 6 nitrogen and oxygen atoms in total. The second-order valence-corrected chi connectivity index (χ2v) is 7.17. The maximum absolute atomic E-state index is 9.86. The van der Waals surface area contributed by atoms with Gasteiger partial charge in [-0.3, -0.25) is 0 Å². The van der Waals surface area contributed by atoms with E-state index in [4.69, 9.17) is 9.73 Å². The molecule has 0 spiro atoms. The number of ether oxygens (including phenoxy) is 1. The summed E-state index contributed by atoms with van der Waals surface area (Å²) in [7, 11) is 0. The molecule has 3 N–H and O–H groups in total. The number of hydrogen-bond acceptors (Lipinski definition) is 4. The molecular weight excluding hydrogens is 491 g/mol. The van der Waals surface area contributed by atoms with Crippen molar-refractivity contribution in [1.82, 2.24) is 10.6 Å².